The van der Waals surface area contributed by atoms with Crippen molar-refractivity contribution in [3.05, 3.63) is 0 Å². The average Bonchev–Trinajstić information content (AvgIpc) is 3.27. The number of nitrogens with one attached hydrogen (secondary N) is 1. The smallest absolute Gasteiger partial charge is 0.0810 e. The van der Waals surface area contributed by atoms with Crippen molar-refractivity contribution in [2.24, 2.45) is 5.92 Å². The van der Waals surface area contributed by atoms with Crippen LogP contribution in [0.4, 0.5) is 0 Å². The summed E-state index contributed by atoms with van der Waals surface area (Å²) in [5.41, 5.74) is 0.162. The normalized spacial score (nSPS) is 34.6. The molecule has 0 radical (unpaired) electrons. The van der Waals surface area contributed by atoms with Crippen molar-refractivity contribution in [3.63, 3.8) is 0 Å². The van der Waals surface area contributed by atoms with Gasteiger partial charge in [0, 0.05) is 12.6 Å². The van der Waals surface area contributed by atoms with E-state index in [4.69, 9.17) is 4.74 Å². The summed E-state index contributed by atoms with van der Waals surface area (Å²) in [4.78, 5) is 0. The molecule has 1 N–H and O–H groups in total. The van der Waals surface area contributed by atoms with Gasteiger partial charge in [-0.3, -0.25) is 0 Å². The maximum Gasteiger partial charge on any atom is 0.0810 e. The molecule has 2 atom stereocenters. The van der Waals surface area contributed by atoms with Gasteiger partial charge in [-0.2, -0.15) is 0 Å². The molecule has 0 aromatic heterocycles. The predicted molar refractivity (Wildman–Crippen MR) is 84.0 cm³/mol. The lowest BCUT2D eigenvalue weighted by Crippen LogP contribution is -2.47. The summed E-state index contributed by atoms with van der Waals surface area (Å²) >= 11 is 0. The van der Waals surface area contributed by atoms with E-state index < -0.39 is 0 Å². The van der Waals surface area contributed by atoms with Gasteiger partial charge in [-0.15, -0.1) is 0 Å². The number of hydrogen-bond acceptors (Lipinski definition) is 2. The van der Waals surface area contributed by atoms with Crippen LogP contribution in [0, 0.1) is 5.92 Å². The molecule has 0 heterocycles. The Bertz CT molecular complexity index is 292. The molecule has 0 spiro atoms. The second-order valence-electron chi connectivity index (χ2n) is 7.67. The molecule has 0 amide bonds. The Morgan fingerprint density at radius 2 is 1.60 bits per heavy atom. The molecular formula is C18H33NO. The summed E-state index contributed by atoms with van der Waals surface area (Å²) in [6.45, 7) is 3.52. The molecule has 0 aliphatic heterocycles. The van der Waals surface area contributed by atoms with Gasteiger partial charge >= 0.3 is 0 Å². The van der Waals surface area contributed by atoms with Crippen molar-refractivity contribution >= 4 is 0 Å². The third-order valence-corrected chi connectivity index (χ3v) is 5.74. The molecule has 3 rings (SSSR count). The van der Waals surface area contributed by atoms with Gasteiger partial charge in [-0.1, -0.05) is 45.4 Å². The van der Waals surface area contributed by atoms with E-state index in [1.165, 1.54) is 77.0 Å². The Balaban J connectivity index is 1.62. The quantitative estimate of drug-likeness (QED) is 0.752. The number of hydrogen-bond donors (Lipinski definition) is 1. The molecule has 0 saturated heterocycles. The zero-order valence-electron chi connectivity index (χ0n) is 13.3. The van der Waals surface area contributed by atoms with Gasteiger partial charge in [0.2, 0.25) is 0 Å². The fourth-order valence-electron chi connectivity index (χ4n) is 4.11. The average molecular weight is 279 g/mol. The van der Waals surface area contributed by atoms with E-state index >= 15 is 0 Å². The highest BCUT2D eigenvalue weighted by molar-refractivity contribution is 4.92. The van der Waals surface area contributed by atoms with Crippen LogP contribution in [0.2, 0.25) is 0 Å². The van der Waals surface area contributed by atoms with Crippen molar-refractivity contribution in [3.8, 4) is 0 Å². The molecule has 0 aromatic rings. The molecule has 20 heavy (non-hydrogen) atoms. The molecule has 3 aliphatic carbocycles. The van der Waals surface area contributed by atoms with Crippen LogP contribution in [0.1, 0.15) is 84.0 Å². The molecule has 2 heteroatoms. The topological polar surface area (TPSA) is 21.3 Å². The summed E-state index contributed by atoms with van der Waals surface area (Å²) in [5.74, 6) is 0.768. The lowest BCUT2D eigenvalue weighted by Gasteiger charge is -2.41. The van der Waals surface area contributed by atoms with E-state index in [0.29, 0.717) is 6.10 Å². The third-order valence-electron chi connectivity index (χ3n) is 5.74. The molecule has 0 aromatic carbocycles. The first-order valence-electron chi connectivity index (χ1n) is 9.19. The van der Waals surface area contributed by atoms with Crippen LogP contribution >= 0.6 is 0 Å². The van der Waals surface area contributed by atoms with Gasteiger partial charge < -0.3 is 10.1 Å². The number of ether oxygens (including phenoxy) is 1. The van der Waals surface area contributed by atoms with E-state index in [1.807, 2.05) is 0 Å². The SMILES string of the molecule is CC1CCCCC1OC1(CNC2CC2)CCCCCC1. The summed E-state index contributed by atoms with van der Waals surface area (Å²) in [7, 11) is 0. The standard InChI is InChI=1S/C18H33NO/c1-15-8-4-5-9-17(15)20-18(14-19-16-10-11-16)12-6-2-3-7-13-18/h15-17,19H,2-14H2,1H3. The molecule has 3 saturated carbocycles. The fraction of sp³-hybridized carbons (Fsp3) is 1.00. The Labute approximate surface area is 125 Å². The minimum Gasteiger partial charge on any atom is -0.370 e. The van der Waals surface area contributed by atoms with Crippen molar-refractivity contribution in [1.82, 2.24) is 5.32 Å². The molecule has 0 bridgehead atoms. The van der Waals surface area contributed by atoms with E-state index in [2.05, 4.69) is 12.2 Å². The first-order valence-corrected chi connectivity index (χ1v) is 9.19. The molecule has 3 aliphatic rings. The third kappa shape index (κ3) is 3.98. The van der Waals surface area contributed by atoms with Gasteiger partial charge in [0.1, 0.15) is 0 Å². The zero-order chi connectivity index (χ0) is 13.8. The van der Waals surface area contributed by atoms with Crippen LogP contribution in [-0.2, 0) is 4.74 Å². The van der Waals surface area contributed by atoms with E-state index in [-0.39, 0.29) is 5.60 Å². The maximum atomic E-state index is 6.83. The Hall–Kier alpha value is -0.0800. The maximum absolute atomic E-state index is 6.83. The Morgan fingerprint density at radius 3 is 2.25 bits per heavy atom. The van der Waals surface area contributed by atoms with Crippen molar-refractivity contribution < 1.29 is 4.74 Å². The molecule has 116 valence electrons. The first kappa shape index (κ1) is 14.8. The molecule has 2 nitrogen and oxygen atoms in total. The summed E-state index contributed by atoms with van der Waals surface area (Å²) in [5, 5.41) is 3.77. The molecular weight excluding hydrogens is 246 g/mol. The van der Waals surface area contributed by atoms with Gasteiger partial charge in [-0.05, 0) is 44.4 Å². The molecule has 3 fully saturated rings. The zero-order valence-corrected chi connectivity index (χ0v) is 13.3. The number of rotatable bonds is 5. The first-order chi connectivity index (χ1) is 9.77. The van der Waals surface area contributed by atoms with Crippen LogP contribution in [0.15, 0.2) is 0 Å². The minimum absolute atomic E-state index is 0.162. The lowest BCUT2D eigenvalue weighted by molar-refractivity contribution is -0.129. The van der Waals surface area contributed by atoms with Crippen LogP contribution < -0.4 is 5.32 Å². The minimum atomic E-state index is 0.162. The fourth-order valence-corrected chi connectivity index (χ4v) is 4.11. The summed E-state index contributed by atoms with van der Waals surface area (Å²) in [6.07, 6.45) is 16.9. The largest absolute Gasteiger partial charge is 0.370 e. The van der Waals surface area contributed by atoms with E-state index in [1.54, 1.807) is 0 Å². The van der Waals surface area contributed by atoms with Gasteiger partial charge in [0.05, 0.1) is 11.7 Å². The van der Waals surface area contributed by atoms with Crippen molar-refractivity contribution in [2.75, 3.05) is 6.54 Å². The van der Waals surface area contributed by atoms with Crippen molar-refractivity contribution in [1.29, 1.82) is 0 Å². The predicted octanol–water partition coefficient (Wildman–Crippen LogP) is 4.43. The van der Waals surface area contributed by atoms with Gasteiger partial charge in [-0.25, -0.2) is 0 Å². The van der Waals surface area contributed by atoms with E-state index in [9.17, 15) is 0 Å². The van der Waals surface area contributed by atoms with E-state index in [0.717, 1.165) is 18.5 Å². The van der Waals surface area contributed by atoms with Crippen LogP contribution in [0.25, 0.3) is 0 Å². The van der Waals surface area contributed by atoms with Crippen LogP contribution in [0.5, 0.6) is 0 Å². The highest BCUT2D eigenvalue weighted by Gasteiger charge is 2.37. The summed E-state index contributed by atoms with van der Waals surface area (Å²) < 4.78 is 6.83. The van der Waals surface area contributed by atoms with Gasteiger partial charge in [0.15, 0.2) is 0 Å². The molecule has 2 unspecified atom stereocenters. The Morgan fingerprint density at radius 1 is 0.900 bits per heavy atom. The lowest BCUT2D eigenvalue weighted by atomic mass is 9.86. The second-order valence-corrected chi connectivity index (χ2v) is 7.67. The summed E-state index contributed by atoms with van der Waals surface area (Å²) in [6, 6.07) is 0.808. The van der Waals surface area contributed by atoms with Gasteiger partial charge in [0.25, 0.3) is 0 Å². The van der Waals surface area contributed by atoms with Crippen LogP contribution in [0.3, 0.4) is 0 Å². The van der Waals surface area contributed by atoms with Crippen LogP contribution in [-0.4, -0.2) is 24.3 Å². The second kappa shape index (κ2) is 6.79. The van der Waals surface area contributed by atoms with Crippen molar-refractivity contribution in [2.45, 2.75) is 102 Å². The monoisotopic (exact) mass is 279 g/mol. The highest BCUT2D eigenvalue weighted by Crippen LogP contribution is 2.36. The highest BCUT2D eigenvalue weighted by atomic mass is 16.5. The Kier molecular flexibility index (Phi) is 5.04.